The molecule has 1 aliphatic rings. The highest BCUT2D eigenvalue weighted by atomic mass is 79.9. The first-order valence-electron chi connectivity index (χ1n) is 4.91. The van der Waals surface area contributed by atoms with Gasteiger partial charge < -0.3 is 4.90 Å². The highest BCUT2D eigenvalue weighted by Crippen LogP contribution is 2.24. The largest absolute Gasteiger partial charge is 0.339 e. The molecule has 0 spiro atoms. The first-order valence-corrected chi connectivity index (χ1v) is 6.03. The van der Waals surface area contributed by atoms with Gasteiger partial charge in [0.2, 0.25) is 5.91 Å². The Kier molecular flexibility index (Phi) is 3.77. The van der Waals surface area contributed by atoms with Crippen LogP contribution in [0.1, 0.15) is 27.2 Å². The van der Waals surface area contributed by atoms with Gasteiger partial charge in [0.1, 0.15) is 0 Å². The van der Waals surface area contributed by atoms with Crippen LogP contribution in [0, 0.1) is 11.8 Å². The van der Waals surface area contributed by atoms with Crippen molar-refractivity contribution in [3.63, 3.8) is 0 Å². The molecule has 0 aromatic carbocycles. The van der Waals surface area contributed by atoms with Crippen molar-refractivity contribution in [2.45, 2.75) is 33.2 Å². The topological polar surface area (TPSA) is 20.3 Å². The molecule has 1 heterocycles. The monoisotopic (exact) mass is 247 g/mol. The predicted octanol–water partition coefficient (Wildman–Crippen LogP) is 2.27. The molecule has 1 rings (SSSR count). The van der Waals surface area contributed by atoms with Crippen LogP contribution < -0.4 is 0 Å². The summed E-state index contributed by atoms with van der Waals surface area (Å²) in [6, 6.07) is 0.386. The number of nitrogens with zero attached hydrogens (tertiary/aromatic N) is 1. The summed E-state index contributed by atoms with van der Waals surface area (Å²) in [6.07, 6.45) is 0.725. The summed E-state index contributed by atoms with van der Waals surface area (Å²) < 4.78 is 0. The van der Waals surface area contributed by atoms with Crippen molar-refractivity contribution in [2.75, 3.05) is 11.9 Å². The van der Waals surface area contributed by atoms with E-state index in [1.165, 1.54) is 0 Å². The van der Waals surface area contributed by atoms with Crippen LogP contribution in [0.2, 0.25) is 0 Å². The Morgan fingerprint density at radius 1 is 1.54 bits per heavy atom. The summed E-state index contributed by atoms with van der Waals surface area (Å²) in [5.74, 6) is 1.40. The Balaban J connectivity index is 2.57. The van der Waals surface area contributed by atoms with E-state index in [1.54, 1.807) is 0 Å². The zero-order valence-corrected chi connectivity index (χ0v) is 10.2. The molecule has 2 atom stereocenters. The molecular weight excluding hydrogens is 230 g/mol. The summed E-state index contributed by atoms with van der Waals surface area (Å²) in [6.45, 7) is 7.40. The normalized spacial score (nSPS) is 25.8. The smallest absolute Gasteiger partial charge is 0.223 e. The molecule has 1 saturated heterocycles. The highest BCUT2D eigenvalue weighted by molar-refractivity contribution is 9.09. The first-order chi connectivity index (χ1) is 6.06. The number of hydrogen-bond donors (Lipinski definition) is 0. The second-order valence-electron chi connectivity index (χ2n) is 4.26. The molecule has 0 N–H and O–H groups in total. The predicted molar refractivity (Wildman–Crippen MR) is 57.9 cm³/mol. The van der Waals surface area contributed by atoms with Gasteiger partial charge in [-0.3, -0.25) is 4.79 Å². The molecule has 2 nitrogen and oxygen atoms in total. The van der Waals surface area contributed by atoms with Gasteiger partial charge in [-0.05, 0) is 18.8 Å². The van der Waals surface area contributed by atoms with Gasteiger partial charge >= 0.3 is 0 Å². The van der Waals surface area contributed by atoms with Gasteiger partial charge in [0, 0.05) is 24.3 Å². The fourth-order valence-corrected chi connectivity index (χ4v) is 2.10. The van der Waals surface area contributed by atoms with Crippen LogP contribution in [-0.2, 0) is 4.79 Å². The van der Waals surface area contributed by atoms with E-state index in [9.17, 15) is 4.79 Å². The van der Waals surface area contributed by atoms with Gasteiger partial charge in [-0.2, -0.15) is 0 Å². The van der Waals surface area contributed by atoms with E-state index in [2.05, 4.69) is 36.7 Å². The molecule has 76 valence electrons. The van der Waals surface area contributed by atoms with Crippen molar-refractivity contribution in [1.29, 1.82) is 0 Å². The lowest BCUT2D eigenvalue weighted by atomic mass is 10.1. The van der Waals surface area contributed by atoms with Crippen LogP contribution in [0.15, 0.2) is 0 Å². The molecule has 3 heteroatoms. The number of hydrogen-bond acceptors (Lipinski definition) is 1. The Hall–Kier alpha value is -0.0500. The highest BCUT2D eigenvalue weighted by Gasteiger charge is 2.32. The van der Waals surface area contributed by atoms with E-state index in [1.807, 2.05) is 4.90 Å². The van der Waals surface area contributed by atoms with E-state index in [0.717, 1.165) is 18.3 Å². The summed E-state index contributed by atoms with van der Waals surface area (Å²) in [5.41, 5.74) is 0. The average Bonchev–Trinajstić information content (AvgIpc) is 2.45. The quantitative estimate of drug-likeness (QED) is 0.701. The molecule has 0 aromatic rings. The van der Waals surface area contributed by atoms with E-state index in [0.29, 0.717) is 23.8 Å². The Labute approximate surface area is 88.8 Å². The second-order valence-corrected chi connectivity index (χ2v) is 4.90. The maximum Gasteiger partial charge on any atom is 0.223 e. The molecule has 13 heavy (non-hydrogen) atoms. The van der Waals surface area contributed by atoms with Crippen molar-refractivity contribution in [3.05, 3.63) is 0 Å². The summed E-state index contributed by atoms with van der Waals surface area (Å²) in [4.78, 5) is 13.6. The zero-order chi connectivity index (χ0) is 10.0. The van der Waals surface area contributed by atoms with Gasteiger partial charge in [-0.25, -0.2) is 0 Å². The van der Waals surface area contributed by atoms with Crippen molar-refractivity contribution < 1.29 is 4.79 Å². The lowest BCUT2D eigenvalue weighted by molar-refractivity contribution is -0.130. The molecule has 0 aromatic heterocycles. The molecule has 1 fully saturated rings. The van der Waals surface area contributed by atoms with Crippen LogP contribution in [0.25, 0.3) is 0 Å². The molecule has 0 saturated carbocycles. The second kappa shape index (κ2) is 4.45. The number of likely N-dealkylation sites (tertiary alicyclic amines) is 1. The van der Waals surface area contributed by atoms with Crippen molar-refractivity contribution in [1.82, 2.24) is 4.90 Å². The average molecular weight is 248 g/mol. The van der Waals surface area contributed by atoms with E-state index in [4.69, 9.17) is 0 Å². The molecule has 1 amide bonds. The fourth-order valence-electron chi connectivity index (χ4n) is 1.67. The van der Waals surface area contributed by atoms with E-state index < -0.39 is 0 Å². The molecular formula is C10H18BrNO. The van der Waals surface area contributed by atoms with Crippen LogP contribution >= 0.6 is 15.9 Å². The van der Waals surface area contributed by atoms with E-state index in [-0.39, 0.29) is 0 Å². The standard InChI is InChI=1S/C10H18BrNO/c1-7(2)8(3)12-6-9(5-11)4-10(12)13/h7-9H,4-6H2,1-3H3. The third-order valence-corrected chi connectivity index (χ3v) is 3.83. The number of carbonyl (C=O) groups is 1. The van der Waals surface area contributed by atoms with Crippen molar-refractivity contribution >= 4 is 21.8 Å². The Morgan fingerprint density at radius 2 is 2.15 bits per heavy atom. The van der Waals surface area contributed by atoms with Crippen LogP contribution in [0.5, 0.6) is 0 Å². The summed E-state index contributed by atoms with van der Waals surface area (Å²) in [5, 5.41) is 0.944. The lowest BCUT2D eigenvalue weighted by Crippen LogP contribution is -2.37. The molecule has 0 radical (unpaired) electrons. The lowest BCUT2D eigenvalue weighted by Gasteiger charge is -2.27. The maximum absolute atomic E-state index is 11.6. The number of rotatable bonds is 3. The Morgan fingerprint density at radius 3 is 2.54 bits per heavy atom. The third-order valence-electron chi connectivity index (χ3n) is 2.91. The van der Waals surface area contributed by atoms with Crippen LogP contribution in [0.3, 0.4) is 0 Å². The maximum atomic E-state index is 11.6. The first kappa shape index (κ1) is 11.0. The summed E-state index contributed by atoms with van der Waals surface area (Å²) in [7, 11) is 0. The number of halogens is 1. The minimum Gasteiger partial charge on any atom is -0.339 e. The number of alkyl halides is 1. The third kappa shape index (κ3) is 2.46. The SMILES string of the molecule is CC(C)C(C)N1CC(CBr)CC1=O. The number of carbonyl (C=O) groups excluding carboxylic acids is 1. The molecule has 2 unspecified atom stereocenters. The molecule has 0 aliphatic carbocycles. The zero-order valence-electron chi connectivity index (χ0n) is 8.59. The minimum atomic E-state index is 0.325. The molecule has 0 bridgehead atoms. The van der Waals surface area contributed by atoms with Gasteiger partial charge in [-0.1, -0.05) is 29.8 Å². The van der Waals surface area contributed by atoms with Gasteiger partial charge in [0.15, 0.2) is 0 Å². The minimum absolute atomic E-state index is 0.325. The molecule has 1 aliphatic heterocycles. The van der Waals surface area contributed by atoms with Crippen LogP contribution in [-0.4, -0.2) is 28.7 Å². The van der Waals surface area contributed by atoms with Crippen LogP contribution in [0.4, 0.5) is 0 Å². The van der Waals surface area contributed by atoms with Gasteiger partial charge in [0.05, 0.1) is 0 Å². The Bertz CT molecular complexity index is 193. The fraction of sp³-hybridized carbons (Fsp3) is 0.900. The number of amides is 1. The van der Waals surface area contributed by atoms with Crippen molar-refractivity contribution in [3.8, 4) is 0 Å². The van der Waals surface area contributed by atoms with Gasteiger partial charge in [0.25, 0.3) is 0 Å². The van der Waals surface area contributed by atoms with Crippen molar-refractivity contribution in [2.24, 2.45) is 11.8 Å². The van der Waals surface area contributed by atoms with E-state index >= 15 is 0 Å². The van der Waals surface area contributed by atoms with Gasteiger partial charge in [-0.15, -0.1) is 0 Å². The summed E-state index contributed by atoms with van der Waals surface area (Å²) >= 11 is 3.44.